The van der Waals surface area contributed by atoms with E-state index in [0.717, 1.165) is 5.56 Å². The molecule has 2 aromatic heterocycles. The van der Waals surface area contributed by atoms with Crippen molar-refractivity contribution >= 4 is 23.0 Å². The molecule has 1 amide bonds. The van der Waals surface area contributed by atoms with Gasteiger partial charge in [0.15, 0.2) is 11.2 Å². The Kier molecular flexibility index (Phi) is 7.93. The molecule has 1 aromatic carbocycles. The Hall–Kier alpha value is -3.69. The Balaban J connectivity index is 1.69. The van der Waals surface area contributed by atoms with Crippen molar-refractivity contribution in [2.45, 2.75) is 52.3 Å². The molecule has 188 valence electrons. The van der Waals surface area contributed by atoms with Crippen molar-refractivity contribution in [1.29, 1.82) is 0 Å². The molecule has 0 saturated heterocycles. The van der Waals surface area contributed by atoms with E-state index in [0.29, 0.717) is 24.0 Å². The third-order valence-electron chi connectivity index (χ3n) is 6.46. The van der Waals surface area contributed by atoms with Crippen LogP contribution in [-0.2, 0) is 35.0 Å². The monoisotopic (exact) mass is 483 g/mol. The minimum absolute atomic E-state index is 0.104. The largest absolute Gasteiger partial charge is 0.455 e. The number of hydrogen-bond acceptors (Lipinski definition) is 6. The number of ether oxygens (including phenoxy) is 1. The lowest BCUT2D eigenvalue weighted by atomic mass is 9.99. The molecule has 0 N–H and O–H groups in total. The first-order valence-electron chi connectivity index (χ1n) is 11.6. The van der Waals surface area contributed by atoms with Crippen LogP contribution >= 0.6 is 0 Å². The van der Waals surface area contributed by atoms with Crippen LogP contribution in [0.3, 0.4) is 0 Å². The van der Waals surface area contributed by atoms with Gasteiger partial charge in [-0.1, -0.05) is 37.3 Å². The van der Waals surface area contributed by atoms with Crippen LogP contribution < -0.4 is 11.2 Å². The number of nitrogens with zero attached hydrogens (tertiary/aromatic N) is 5. The van der Waals surface area contributed by atoms with Crippen molar-refractivity contribution in [2.24, 2.45) is 20.0 Å². The van der Waals surface area contributed by atoms with Gasteiger partial charge in [-0.15, -0.1) is 0 Å². The van der Waals surface area contributed by atoms with Gasteiger partial charge in [0, 0.05) is 40.5 Å². The Morgan fingerprint density at radius 3 is 2.40 bits per heavy atom. The first kappa shape index (κ1) is 25.9. The summed E-state index contributed by atoms with van der Waals surface area (Å²) in [6.45, 7) is 5.21. The summed E-state index contributed by atoms with van der Waals surface area (Å²) in [6.07, 6.45) is 1.87. The predicted molar refractivity (Wildman–Crippen MR) is 132 cm³/mol. The molecule has 35 heavy (non-hydrogen) atoms. The summed E-state index contributed by atoms with van der Waals surface area (Å²) in [4.78, 5) is 56.1. The van der Waals surface area contributed by atoms with Crippen LogP contribution in [0, 0.1) is 5.92 Å². The fourth-order valence-electron chi connectivity index (χ4n) is 4.29. The summed E-state index contributed by atoms with van der Waals surface area (Å²) in [5, 5.41) is 0. The molecule has 0 aliphatic heterocycles. The van der Waals surface area contributed by atoms with Crippen LogP contribution in [-0.4, -0.2) is 48.6 Å². The Labute approximate surface area is 203 Å². The average molecular weight is 484 g/mol. The van der Waals surface area contributed by atoms with Gasteiger partial charge in [-0.2, -0.15) is 0 Å². The van der Waals surface area contributed by atoms with Crippen LogP contribution in [0.15, 0.2) is 46.2 Å². The predicted octanol–water partition coefficient (Wildman–Crippen LogP) is 2.00. The number of imidazole rings is 1. The van der Waals surface area contributed by atoms with Crippen molar-refractivity contribution < 1.29 is 14.3 Å². The molecule has 10 nitrogen and oxygen atoms in total. The fourth-order valence-corrected chi connectivity index (χ4v) is 4.29. The number of carbonyl (C=O) groups excluding carboxylic acids is 2. The van der Waals surface area contributed by atoms with E-state index in [-0.39, 0.29) is 23.9 Å². The number of likely N-dealkylation sites (N-methyl/N-ethyl adjacent to an activating group) is 1. The average Bonchev–Trinajstić information content (AvgIpc) is 3.23. The van der Waals surface area contributed by atoms with Gasteiger partial charge < -0.3 is 14.2 Å². The third kappa shape index (κ3) is 5.36. The number of fused-ring (bicyclic) bond motifs is 1. The summed E-state index contributed by atoms with van der Waals surface area (Å²) < 4.78 is 9.70. The molecule has 3 atom stereocenters. The second-order valence-corrected chi connectivity index (χ2v) is 9.00. The maximum Gasteiger partial charge on any atom is 0.332 e. The van der Waals surface area contributed by atoms with Crippen molar-refractivity contribution in [2.75, 3.05) is 7.05 Å². The summed E-state index contributed by atoms with van der Waals surface area (Å²) in [6, 6.07) is 8.93. The van der Waals surface area contributed by atoms with Gasteiger partial charge in [0.2, 0.25) is 5.91 Å². The lowest BCUT2D eigenvalue weighted by Crippen LogP contribution is -2.43. The quantitative estimate of drug-likeness (QED) is 0.431. The van der Waals surface area contributed by atoms with E-state index in [9.17, 15) is 19.2 Å². The molecule has 0 fully saturated rings. The number of aromatic nitrogens is 4. The van der Waals surface area contributed by atoms with Crippen LogP contribution in [0.4, 0.5) is 0 Å². The molecule has 0 saturated carbocycles. The maximum absolute atomic E-state index is 13.2. The molecule has 10 heteroatoms. The molecule has 2 heterocycles. The Morgan fingerprint density at radius 2 is 1.77 bits per heavy atom. The zero-order valence-corrected chi connectivity index (χ0v) is 21.1. The highest BCUT2D eigenvalue weighted by Gasteiger charge is 2.30. The number of carbonyl (C=O) groups is 2. The van der Waals surface area contributed by atoms with E-state index in [2.05, 4.69) is 4.98 Å². The fraction of sp³-hybridized carbons (Fsp3) is 0.480. The van der Waals surface area contributed by atoms with Crippen molar-refractivity contribution in [3.63, 3.8) is 0 Å². The van der Waals surface area contributed by atoms with E-state index in [4.69, 9.17) is 4.74 Å². The number of rotatable bonds is 9. The lowest BCUT2D eigenvalue weighted by molar-refractivity contribution is -0.154. The van der Waals surface area contributed by atoms with Gasteiger partial charge >= 0.3 is 11.7 Å². The number of esters is 1. The summed E-state index contributed by atoms with van der Waals surface area (Å²) >= 11 is 0. The third-order valence-corrected chi connectivity index (χ3v) is 6.46. The van der Waals surface area contributed by atoms with E-state index < -0.39 is 23.8 Å². The highest BCUT2D eigenvalue weighted by atomic mass is 16.5. The molecule has 3 aromatic rings. The Morgan fingerprint density at radius 1 is 1.11 bits per heavy atom. The van der Waals surface area contributed by atoms with E-state index in [1.807, 2.05) is 44.2 Å². The molecule has 0 radical (unpaired) electrons. The summed E-state index contributed by atoms with van der Waals surface area (Å²) in [7, 11) is 4.99. The van der Waals surface area contributed by atoms with Gasteiger partial charge in [0.25, 0.3) is 5.56 Å². The number of benzene rings is 1. The highest BCUT2D eigenvalue weighted by molar-refractivity contribution is 5.78. The highest BCUT2D eigenvalue weighted by Crippen LogP contribution is 2.26. The number of hydrogen-bond donors (Lipinski definition) is 0. The minimum atomic E-state index is -0.595. The van der Waals surface area contributed by atoms with Gasteiger partial charge in [-0.05, 0) is 25.3 Å². The van der Waals surface area contributed by atoms with Crippen molar-refractivity contribution in [3.8, 4) is 0 Å². The lowest BCUT2D eigenvalue weighted by Gasteiger charge is -2.33. The molecular formula is C25H33N5O5. The second kappa shape index (κ2) is 10.7. The standard InChI is InChI=1S/C25H33N5O5/c1-16(11-10-14-30-24(33)20-22(26-15-27(20)4)29(6)25(30)34)23(32)28(5)17(2)21(35-18(3)31)19-12-8-7-9-13-19/h7-9,12-13,15-17,21H,10-11,14H2,1-6H3. The van der Waals surface area contributed by atoms with Gasteiger partial charge in [0.05, 0.1) is 12.4 Å². The molecule has 0 aliphatic carbocycles. The first-order valence-corrected chi connectivity index (χ1v) is 11.6. The molecule has 3 rings (SSSR count). The van der Waals surface area contributed by atoms with Crippen LogP contribution in [0.1, 0.15) is 45.3 Å². The van der Waals surface area contributed by atoms with Crippen LogP contribution in [0.25, 0.3) is 11.2 Å². The zero-order valence-electron chi connectivity index (χ0n) is 21.1. The number of aryl methyl sites for hydroxylation is 2. The molecule has 0 aliphatic rings. The summed E-state index contributed by atoms with van der Waals surface area (Å²) in [5.41, 5.74) is 0.696. The zero-order chi connectivity index (χ0) is 25.9. The Bertz CT molecular complexity index is 1320. The van der Waals surface area contributed by atoms with Crippen molar-refractivity contribution in [1.82, 2.24) is 23.6 Å². The van der Waals surface area contributed by atoms with E-state index in [1.54, 1.807) is 30.6 Å². The number of amides is 1. The second-order valence-electron chi connectivity index (χ2n) is 9.00. The minimum Gasteiger partial charge on any atom is -0.455 e. The van der Waals surface area contributed by atoms with E-state index >= 15 is 0 Å². The SMILES string of the molecule is CC(=O)OC(c1ccccc1)C(C)N(C)C(=O)C(C)CCCn1c(=O)c2c(ncn2C)n(C)c1=O. The molecule has 3 unspecified atom stereocenters. The summed E-state index contributed by atoms with van der Waals surface area (Å²) in [5.74, 6) is -0.874. The topological polar surface area (TPSA) is 108 Å². The first-order chi connectivity index (χ1) is 16.5. The normalized spacial score (nSPS) is 13.9. The van der Waals surface area contributed by atoms with Crippen LogP contribution in [0.2, 0.25) is 0 Å². The maximum atomic E-state index is 13.2. The van der Waals surface area contributed by atoms with Crippen molar-refractivity contribution in [3.05, 3.63) is 63.1 Å². The smallest absolute Gasteiger partial charge is 0.332 e. The van der Waals surface area contributed by atoms with Crippen LogP contribution in [0.5, 0.6) is 0 Å². The molecule has 0 bridgehead atoms. The molecule has 0 spiro atoms. The molecular weight excluding hydrogens is 450 g/mol. The van der Waals surface area contributed by atoms with Gasteiger partial charge in [-0.25, -0.2) is 9.78 Å². The van der Waals surface area contributed by atoms with Gasteiger partial charge in [-0.3, -0.25) is 23.5 Å². The van der Waals surface area contributed by atoms with E-state index in [1.165, 1.54) is 22.4 Å². The van der Waals surface area contributed by atoms with Gasteiger partial charge in [0.1, 0.15) is 6.10 Å².